The van der Waals surface area contributed by atoms with Crippen LogP contribution in [0.4, 0.5) is 0 Å². The molecule has 4 heteroatoms. The van der Waals surface area contributed by atoms with Gasteiger partial charge in [0.1, 0.15) is 0 Å². The summed E-state index contributed by atoms with van der Waals surface area (Å²) in [5, 5.41) is 3.03. The molecule has 0 radical (unpaired) electrons. The van der Waals surface area contributed by atoms with Crippen molar-refractivity contribution in [3.05, 3.63) is 35.4 Å². The van der Waals surface area contributed by atoms with Gasteiger partial charge < -0.3 is 11.1 Å². The van der Waals surface area contributed by atoms with Crippen LogP contribution in [0, 0.1) is 0 Å². The highest BCUT2D eigenvalue weighted by Crippen LogP contribution is 2.30. The molecular formula is C15H23ClN2O. The average molecular weight is 283 g/mol. The van der Waals surface area contributed by atoms with Crippen LogP contribution in [-0.4, -0.2) is 19.0 Å². The zero-order valence-electron chi connectivity index (χ0n) is 11.2. The van der Waals surface area contributed by atoms with Crippen LogP contribution in [0.25, 0.3) is 0 Å². The predicted octanol–water partition coefficient (Wildman–Crippen LogP) is 2.38. The average Bonchev–Trinajstić information content (AvgIpc) is 2.42. The highest BCUT2D eigenvalue weighted by atomic mass is 35.5. The van der Waals surface area contributed by atoms with Gasteiger partial charge in [-0.05, 0) is 43.4 Å². The summed E-state index contributed by atoms with van der Waals surface area (Å²) < 4.78 is 0. The molecule has 1 aliphatic rings. The van der Waals surface area contributed by atoms with Crippen molar-refractivity contribution in [3.8, 4) is 0 Å². The van der Waals surface area contributed by atoms with Crippen molar-refractivity contribution in [2.45, 2.75) is 38.0 Å². The van der Waals surface area contributed by atoms with Crippen LogP contribution in [0.5, 0.6) is 0 Å². The van der Waals surface area contributed by atoms with Crippen LogP contribution in [0.2, 0.25) is 0 Å². The summed E-state index contributed by atoms with van der Waals surface area (Å²) in [5.41, 5.74) is 8.27. The third-order valence-corrected chi connectivity index (χ3v) is 3.65. The summed E-state index contributed by atoms with van der Waals surface area (Å²) in [7, 11) is 0. The minimum atomic E-state index is 0. The number of hydrogen-bond donors (Lipinski definition) is 2. The molecule has 19 heavy (non-hydrogen) atoms. The van der Waals surface area contributed by atoms with E-state index in [-0.39, 0.29) is 18.3 Å². The Balaban J connectivity index is 0.00000180. The number of halogens is 1. The molecule has 2 rings (SSSR count). The maximum atomic E-state index is 11.6. The van der Waals surface area contributed by atoms with Crippen molar-refractivity contribution in [1.29, 1.82) is 0 Å². The van der Waals surface area contributed by atoms with Crippen molar-refractivity contribution in [3.63, 3.8) is 0 Å². The molecule has 1 aromatic carbocycles. The van der Waals surface area contributed by atoms with E-state index in [0.717, 1.165) is 13.0 Å². The quantitative estimate of drug-likeness (QED) is 0.871. The number of amides is 1. The summed E-state index contributed by atoms with van der Waals surface area (Å²) in [6, 6.07) is 8.59. The third-order valence-electron chi connectivity index (χ3n) is 3.65. The lowest BCUT2D eigenvalue weighted by molar-refractivity contribution is -0.121. The number of aryl methyl sites for hydroxylation is 1. The molecule has 0 bridgehead atoms. The summed E-state index contributed by atoms with van der Waals surface area (Å²) in [5.74, 6) is 0.611. The smallest absolute Gasteiger partial charge is 0.220 e. The lowest BCUT2D eigenvalue weighted by Crippen LogP contribution is -2.30. The Bertz CT molecular complexity index is 409. The fraction of sp³-hybridized carbons (Fsp3) is 0.533. The van der Waals surface area contributed by atoms with E-state index in [0.29, 0.717) is 18.9 Å². The first-order valence-electron chi connectivity index (χ1n) is 6.86. The van der Waals surface area contributed by atoms with Gasteiger partial charge in [0.2, 0.25) is 5.91 Å². The second kappa shape index (κ2) is 8.18. The van der Waals surface area contributed by atoms with E-state index in [1.807, 2.05) is 0 Å². The topological polar surface area (TPSA) is 55.1 Å². The Morgan fingerprint density at radius 3 is 2.95 bits per heavy atom. The number of hydrogen-bond acceptors (Lipinski definition) is 2. The van der Waals surface area contributed by atoms with Crippen LogP contribution in [0.1, 0.15) is 42.7 Å². The fourth-order valence-corrected chi connectivity index (χ4v) is 2.65. The molecule has 0 fully saturated rings. The number of rotatable bonds is 5. The van der Waals surface area contributed by atoms with Gasteiger partial charge in [-0.1, -0.05) is 24.3 Å². The van der Waals surface area contributed by atoms with Gasteiger partial charge in [-0.2, -0.15) is 0 Å². The molecule has 0 aliphatic heterocycles. The number of carbonyl (C=O) groups is 1. The first-order valence-corrected chi connectivity index (χ1v) is 6.86. The Kier molecular flexibility index (Phi) is 6.89. The first-order chi connectivity index (χ1) is 8.81. The molecule has 0 aromatic heterocycles. The predicted molar refractivity (Wildman–Crippen MR) is 80.7 cm³/mol. The number of fused-ring (bicyclic) bond motifs is 1. The molecule has 1 aliphatic carbocycles. The summed E-state index contributed by atoms with van der Waals surface area (Å²) in [4.78, 5) is 11.6. The van der Waals surface area contributed by atoms with E-state index in [1.54, 1.807) is 0 Å². The van der Waals surface area contributed by atoms with Crippen LogP contribution >= 0.6 is 12.4 Å². The molecule has 3 N–H and O–H groups in total. The number of nitrogens with two attached hydrogens (primary N) is 1. The van der Waals surface area contributed by atoms with Crippen molar-refractivity contribution in [2.75, 3.05) is 13.1 Å². The second-order valence-corrected chi connectivity index (χ2v) is 4.98. The van der Waals surface area contributed by atoms with E-state index in [2.05, 4.69) is 29.6 Å². The minimum absolute atomic E-state index is 0. The Morgan fingerprint density at radius 1 is 1.37 bits per heavy atom. The van der Waals surface area contributed by atoms with Crippen LogP contribution in [0.15, 0.2) is 24.3 Å². The van der Waals surface area contributed by atoms with Gasteiger partial charge in [-0.3, -0.25) is 4.79 Å². The van der Waals surface area contributed by atoms with E-state index >= 15 is 0 Å². The lowest BCUT2D eigenvalue weighted by atomic mass is 9.83. The highest BCUT2D eigenvalue weighted by molar-refractivity contribution is 5.85. The molecule has 0 saturated heterocycles. The second-order valence-electron chi connectivity index (χ2n) is 4.98. The standard InChI is InChI=1S/C15H22N2O.ClH/c16-10-4-9-15(18)17-11-13-7-3-6-12-5-1-2-8-14(12)13;/h1-2,5,8,13H,3-4,6-7,9-11,16H2,(H,17,18);1H. The van der Waals surface area contributed by atoms with Crippen molar-refractivity contribution >= 4 is 18.3 Å². The molecule has 106 valence electrons. The van der Waals surface area contributed by atoms with Gasteiger partial charge in [-0.15, -0.1) is 12.4 Å². The molecule has 1 atom stereocenters. The van der Waals surface area contributed by atoms with Crippen molar-refractivity contribution < 1.29 is 4.79 Å². The molecule has 1 unspecified atom stereocenters. The number of carbonyl (C=O) groups excluding carboxylic acids is 1. The van der Waals surface area contributed by atoms with Gasteiger partial charge in [0.25, 0.3) is 0 Å². The molecule has 0 heterocycles. The zero-order valence-corrected chi connectivity index (χ0v) is 12.0. The Hall–Kier alpha value is -1.06. The van der Waals surface area contributed by atoms with Gasteiger partial charge in [0.15, 0.2) is 0 Å². The van der Waals surface area contributed by atoms with Crippen LogP contribution < -0.4 is 11.1 Å². The van der Waals surface area contributed by atoms with E-state index < -0.39 is 0 Å². The Morgan fingerprint density at radius 2 is 2.16 bits per heavy atom. The highest BCUT2D eigenvalue weighted by Gasteiger charge is 2.19. The first kappa shape index (κ1) is 16.0. The molecule has 1 amide bonds. The van der Waals surface area contributed by atoms with Crippen LogP contribution in [-0.2, 0) is 11.2 Å². The summed E-state index contributed by atoms with van der Waals surface area (Å²) in [6.07, 6.45) is 4.89. The molecule has 0 spiro atoms. The van der Waals surface area contributed by atoms with Gasteiger partial charge in [0.05, 0.1) is 0 Å². The minimum Gasteiger partial charge on any atom is -0.355 e. The van der Waals surface area contributed by atoms with Crippen molar-refractivity contribution in [2.24, 2.45) is 5.73 Å². The summed E-state index contributed by atoms with van der Waals surface area (Å²) >= 11 is 0. The van der Waals surface area contributed by atoms with Crippen LogP contribution in [0.3, 0.4) is 0 Å². The number of benzene rings is 1. The van der Waals surface area contributed by atoms with Gasteiger partial charge in [0, 0.05) is 18.9 Å². The summed E-state index contributed by atoms with van der Waals surface area (Å²) in [6.45, 7) is 1.35. The zero-order chi connectivity index (χ0) is 12.8. The van der Waals surface area contributed by atoms with Gasteiger partial charge in [-0.25, -0.2) is 0 Å². The van der Waals surface area contributed by atoms with Gasteiger partial charge >= 0.3 is 0 Å². The lowest BCUT2D eigenvalue weighted by Gasteiger charge is -2.25. The monoisotopic (exact) mass is 282 g/mol. The number of nitrogens with one attached hydrogen (secondary N) is 1. The van der Waals surface area contributed by atoms with E-state index in [9.17, 15) is 4.79 Å². The Labute approximate surface area is 121 Å². The molecule has 0 saturated carbocycles. The fourth-order valence-electron chi connectivity index (χ4n) is 2.65. The van der Waals surface area contributed by atoms with E-state index in [4.69, 9.17) is 5.73 Å². The molecular weight excluding hydrogens is 260 g/mol. The maximum Gasteiger partial charge on any atom is 0.220 e. The molecule has 3 nitrogen and oxygen atoms in total. The third kappa shape index (κ3) is 4.51. The maximum absolute atomic E-state index is 11.6. The normalized spacial score (nSPS) is 17.2. The van der Waals surface area contributed by atoms with Crippen molar-refractivity contribution in [1.82, 2.24) is 5.32 Å². The largest absolute Gasteiger partial charge is 0.355 e. The molecule has 1 aromatic rings. The van der Waals surface area contributed by atoms with E-state index in [1.165, 1.54) is 30.4 Å². The SMILES string of the molecule is Cl.NCCCC(=O)NCC1CCCc2ccccc21.